The lowest BCUT2D eigenvalue weighted by molar-refractivity contribution is 0.390. The highest BCUT2D eigenvalue weighted by atomic mass is 79.9. The van der Waals surface area contributed by atoms with Crippen LogP contribution in [0.25, 0.3) is 0 Å². The molecule has 3 nitrogen and oxygen atoms in total. The minimum atomic E-state index is -3.31. The standard InChI is InChI=1S/C11H14BrNO2S2/c12-10-3-4-11(16-10)17(14,15)13-9-6-7-1-2-8(9)5-7/h3-4,7-9,13H,1-2,5-6H2/t7-,8+,9+/m0/s1. The lowest BCUT2D eigenvalue weighted by Gasteiger charge is -2.22. The van der Waals surface area contributed by atoms with Crippen molar-refractivity contribution in [3.8, 4) is 0 Å². The molecule has 0 unspecified atom stereocenters. The molecule has 17 heavy (non-hydrogen) atoms. The van der Waals surface area contributed by atoms with Crippen molar-refractivity contribution < 1.29 is 8.42 Å². The van der Waals surface area contributed by atoms with Crippen molar-refractivity contribution >= 4 is 37.3 Å². The van der Waals surface area contributed by atoms with E-state index in [1.54, 1.807) is 12.1 Å². The molecule has 1 N–H and O–H groups in total. The first-order valence-corrected chi connectivity index (χ1v) is 8.91. The maximum atomic E-state index is 12.2. The summed E-state index contributed by atoms with van der Waals surface area (Å²) in [7, 11) is -3.31. The van der Waals surface area contributed by atoms with Gasteiger partial charge in [0.05, 0.1) is 3.79 Å². The van der Waals surface area contributed by atoms with E-state index < -0.39 is 10.0 Å². The average Bonchev–Trinajstić information content (AvgIpc) is 2.92. The Morgan fingerprint density at radius 3 is 2.65 bits per heavy atom. The molecule has 2 aliphatic carbocycles. The highest BCUT2D eigenvalue weighted by Crippen LogP contribution is 2.45. The van der Waals surface area contributed by atoms with Crippen LogP contribution in [0.4, 0.5) is 0 Å². The number of sulfonamides is 1. The van der Waals surface area contributed by atoms with Crippen molar-refractivity contribution in [3.63, 3.8) is 0 Å². The molecule has 2 fully saturated rings. The van der Waals surface area contributed by atoms with Crippen LogP contribution in [0.5, 0.6) is 0 Å². The Bertz CT molecular complexity index is 525. The van der Waals surface area contributed by atoms with Gasteiger partial charge >= 0.3 is 0 Å². The topological polar surface area (TPSA) is 46.2 Å². The van der Waals surface area contributed by atoms with Gasteiger partial charge in [0.2, 0.25) is 10.0 Å². The molecule has 0 radical (unpaired) electrons. The summed E-state index contributed by atoms with van der Waals surface area (Å²) in [5.41, 5.74) is 0. The summed E-state index contributed by atoms with van der Waals surface area (Å²) in [6.45, 7) is 0. The van der Waals surface area contributed by atoms with Crippen molar-refractivity contribution in [2.24, 2.45) is 11.8 Å². The molecule has 0 aromatic carbocycles. The fourth-order valence-electron chi connectivity index (χ4n) is 3.09. The van der Waals surface area contributed by atoms with Crippen LogP contribution in [0.3, 0.4) is 0 Å². The molecule has 0 amide bonds. The van der Waals surface area contributed by atoms with Crippen LogP contribution in [0.1, 0.15) is 25.7 Å². The molecule has 3 atom stereocenters. The van der Waals surface area contributed by atoms with Gasteiger partial charge in [-0.05, 0) is 59.2 Å². The van der Waals surface area contributed by atoms with Crippen LogP contribution >= 0.6 is 27.3 Å². The van der Waals surface area contributed by atoms with Crippen molar-refractivity contribution in [1.29, 1.82) is 0 Å². The fourth-order valence-corrected chi connectivity index (χ4v) is 6.43. The third-order valence-electron chi connectivity index (χ3n) is 3.86. The van der Waals surface area contributed by atoms with Gasteiger partial charge in [-0.25, -0.2) is 13.1 Å². The number of rotatable bonds is 3. The highest BCUT2D eigenvalue weighted by Gasteiger charge is 2.41. The first-order chi connectivity index (χ1) is 8.04. The van der Waals surface area contributed by atoms with E-state index in [0.29, 0.717) is 10.1 Å². The Morgan fingerprint density at radius 1 is 1.29 bits per heavy atom. The minimum absolute atomic E-state index is 0.166. The van der Waals surface area contributed by atoms with Crippen LogP contribution in [0.15, 0.2) is 20.1 Å². The fraction of sp³-hybridized carbons (Fsp3) is 0.636. The minimum Gasteiger partial charge on any atom is -0.207 e. The van der Waals surface area contributed by atoms with Gasteiger partial charge in [-0.1, -0.05) is 6.42 Å². The Kier molecular flexibility index (Phi) is 3.09. The van der Waals surface area contributed by atoms with E-state index in [9.17, 15) is 8.42 Å². The number of fused-ring (bicyclic) bond motifs is 2. The van der Waals surface area contributed by atoms with Crippen LogP contribution in [0.2, 0.25) is 0 Å². The van der Waals surface area contributed by atoms with Crippen LogP contribution in [-0.2, 0) is 10.0 Å². The summed E-state index contributed by atoms with van der Waals surface area (Å²) in [5, 5.41) is 0. The van der Waals surface area contributed by atoms with Crippen molar-refractivity contribution in [3.05, 3.63) is 15.9 Å². The van der Waals surface area contributed by atoms with E-state index in [0.717, 1.165) is 16.1 Å². The van der Waals surface area contributed by atoms with Crippen molar-refractivity contribution in [1.82, 2.24) is 4.72 Å². The number of thiophene rings is 1. The summed E-state index contributed by atoms with van der Waals surface area (Å²) in [5.74, 6) is 1.32. The molecule has 0 spiro atoms. The maximum absolute atomic E-state index is 12.2. The van der Waals surface area contributed by atoms with E-state index in [4.69, 9.17) is 0 Å². The largest absolute Gasteiger partial charge is 0.250 e. The van der Waals surface area contributed by atoms with E-state index in [1.165, 1.54) is 30.6 Å². The third-order valence-corrected chi connectivity index (χ3v) is 7.46. The zero-order valence-corrected chi connectivity index (χ0v) is 12.4. The second-order valence-electron chi connectivity index (χ2n) is 4.96. The van der Waals surface area contributed by atoms with Crippen molar-refractivity contribution in [2.45, 2.75) is 35.9 Å². The van der Waals surface area contributed by atoms with E-state index in [-0.39, 0.29) is 6.04 Å². The molecule has 0 aliphatic heterocycles. The van der Waals surface area contributed by atoms with Gasteiger partial charge in [-0.15, -0.1) is 11.3 Å². The summed E-state index contributed by atoms with van der Waals surface area (Å²) in [6, 6.07) is 3.60. The molecule has 3 rings (SSSR count). The second-order valence-corrected chi connectivity index (χ2v) is 9.37. The maximum Gasteiger partial charge on any atom is 0.250 e. The third kappa shape index (κ3) is 2.32. The Labute approximate surface area is 114 Å². The van der Waals surface area contributed by atoms with E-state index in [1.807, 2.05) is 0 Å². The van der Waals surface area contributed by atoms with Gasteiger partial charge < -0.3 is 0 Å². The number of nitrogens with one attached hydrogen (secondary N) is 1. The summed E-state index contributed by atoms with van der Waals surface area (Å²) in [6.07, 6.45) is 4.71. The smallest absolute Gasteiger partial charge is 0.207 e. The van der Waals surface area contributed by atoms with E-state index >= 15 is 0 Å². The van der Waals surface area contributed by atoms with Crippen LogP contribution < -0.4 is 4.72 Å². The first kappa shape index (κ1) is 12.1. The van der Waals surface area contributed by atoms with Gasteiger partial charge in [0.25, 0.3) is 0 Å². The normalized spacial score (nSPS) is 32.2. The van der Waals surface area contributed by atoms with Gasteiger partial charge in [-0.2, -0.15) is 0 Å². The molecular formula is C11H14BrNO2S2. The first-order valence-electron chi connectivity index (χ1n) is 5.82. The Hall–Kier alpha value is 0.0900. The molecule has 1 aromatic heterocycles. The van der Waals surface area contributed by atoms with Gasteiger partial charge in [0.1, 0.15) is 4.21 Å². The summed E-state index contributed by atoms with van der Waals surface area (Å²) < 4.78 is 28.5. The molecule has 94 valence electrons. The number of hydrogen-bond acceptors (Lipinski definition) is 3. The highest BCUT2D eigenvalue weighted by molar-refractivity contribution is 9.11. The Balaban J connectivity index is 1.76. The van der Waals surface area contributed by atoms with Gasteiger partial charge in [0, 0.05) is 6.04 Å². The lowest BCUT2D eigenvalue weighted by Crippen LogP contribution is -2.38. The predicted octanol–water partition coefficient (Wildman–Crippen LogP) is 2.98. The zero-order chi connectivity index (χ0) is 12.0. The summed E-state index contributed by atoms with van der Waals surface area (Å²) in [4.78, 5) is 0. The van der Waals surface area contributed by atoms with Gasteiger partial charge in [0.15, 0.2) is 0 Å². The number of halogens is 1. The second kappa shape index (κ2) is 4.33. The zero-order valence-electron chi connectivity index (χ0n) is 9.23. The summed E-state index contributed by atoms with van der Waals surface area (Å²) >= 11 is 4.56. The molecule has 0 saturated heterocycles. The molecule has 1 aromatic rings. The Morgan fingerprint density at radius 2 is 2.12 bits per heavy atom. The molecule has 2 bridgehead atoms. The molecule has 2 saturated carbocycles. The molecule has 2 aliphatic rings. The quantitative estimate of drug-likeness (QED) is 0.922. The van der Waals surface area contributed by atoms with E-state index in [2.05, 4.69) is 20.7 Å². The van der Waals surface area contributed by atoms with Gasteiger partial charge in [-0.3, -0.25) is 0 Å². The SMILES string of the molecule is O=S(=O)(N[C@@H]1C[C@H]2CC[C@@H]1C2)c1ccc(Br)s1. The van der Waals surface area contributed by atoms with Crippen LogP contribution in [0, 0.1) is 11.8 Å². The lowest BCUT2D eigenvalue weighted by atomic mass is 9.96. The molecular weight excluding hydrogens is 322 g/mol. The predicted molar refractivity (Wildman–Crippen MR) is 71.6 cm³/mol. The van der Waals surface area contributed by atoms with Crippen LogP contribution in [-0.4, -0.2) is 14.5 Å². The molecule has 1 heterocycles. The monoisotopic (exact) mass is 335 g/mol. The number of hydrogen-bond donors (Lipinski definition) is 1. The average molecular weight is 336 g/mol. The van der Waals surface area contributed by atoms with Crippen molar-refractivity contribution in [2.75, 3.05) is 0 Å². The molecule has 6 heteroatoms.